The van der Waals surface area contributed by atoms with E-state index in [-0.39, 0.29) is 36.4 Å². The molecule has 1 aliphatic heterocycles. The number of hydrogen-bond donors (Lipinski definition) is 2. The second-order valence-corrected chi connectivity index (χ2v) is 16.1. The van der Waals surface area contributed by atoms with Crippen molar-refractivity contribution in [3.05, 3.63) is 113 Å². The van der Waals surface area contributed by atoms with Crippen molar-refractivity contribution < 1.29 is 27.9 Å². The van der Waals surface area contributed by atoms with Crippen LogP contribution in [-0.4, -0.2) is 62.3 Å². The molecule has 0 saturated heterocycles. The summed E-state index contributed by atoms with van der Waals surface area (Å²) in [5.74, 6) is -1.61. The van der Waals surface area contributed by atoms with Gasteiger partial charge in [-0.15, -0.1) is 5.10 Å². The maximum Gasteiger partial charge on any atom is 0.305 e. The largest absolute Gasteiger partial charge is 0.488 e. The van der Waals surface area contributed by atoms with E-state index in [0.717, 1.165) is 38.9 Å². The van der Waals surface area contributed by atoms with Crippen LogP contribution < -0.4 is 10.1 Å². The normalized spacial score (nSPS) is 17.0. The molecule has 1 aliphatic rings. The highest BCUT2D eigenvalue weighted by molar-refractivity contribution is 7.89. The summed E-state index contributed by atoms with van der Waals surface area (Å²) in [6, 6.07) is 19.2. The number of carboxylic acid groups (broad SMARTS) is 1. The van der Waals surface area contributed by atoms with Crippen molar-refractivity contribution in [3.8, 4) is 5.75 Å². The van der Waals surface area contributed by atoms with Gasteiger partial charge in [0.15, 0.2) is 0 Å². The average molecular weight is 739 g/mol. The summed E-state index contributed by atoms with van der Waals surface area (Å²) in [7, 11) is -3.91. The number of nitrogens with one attached hydrogen (secondary N) is 1. The third-order valence-corrected chi connectivity index (χ3v) is 12.2. The minimum Gasteiger partial charge on any atom is -0.488 e. The summed E-state index contributed by atoms with van der Waals surface area (Å²) in [5, 5.41) is 21.7. The molecular weight excluding hydrogens is 693 g/mol. The molecule has 278 valence electrons. The van der Waals surface area contributed by atoms with E-state index in [1.54, 1.807) is 48.8 Å². The van der Waals surface area contributed by atoms with Crippen LogP contribution >= 0.6 is 0 Å². The van der Waals surface area contributed by atoms with E-state index in [9.17, 15) is 23.1 Å². The highest BCUT2D eigenvalue weighted by atomic mass is 32.2. The molecule has 53 heavy (non-hydrogen) atoms. The van der Waals surface area contributed by atoms with Gasteiger partial charge >= 0.3 is 5.97 Å². The number of aliphatic carboxylic acids is 1. The molecule has 0 bridgehead atoms. The molecule has 12 nitrogen and oxygen atoms in total. The van der Waals surface area contributed by atoms with Gasteiger partial charge in [0.2, 0.25) is 15.9 Å². The standard InChI is InChI=1S/C40H46N6O6S/c1-7-30-24-45(53(50,51)35-12-10-9-11-34(35)52-30)23-29-21-28(14-13-25(29)3)37(31-15-16-33-38(26(31)4)43-44-46(33)8-2)40(5,6)39(49)42-32(22-36(47)48)27-17-19-41-20-18-27/h9-21,30,32,37H,7-8,22-24H2,1-6H3,(H,42,49)(H,47,48)/t30-,32?,37?/m1/s1. The predicted octanol–water partition coefficient (Wildman–Crippen LogP) is 6.32. The van der Waals surface area contributed by atoms with Crippen molar-refractivity contribution in [2.45, 2.75) is 90.4 Å². The van der Waals surface area contributed by atoms with Crippen molar-refractivity contribution in [1.29, 1.82) is 0 Å². The minimum absolute atomic E-state index is 0.0983. The van der Waals surface area contributed by atoms with Gasteiger partial charge in [0, 0.05) is 31.4 Å². The van der Waals surface area contributed by atoms with E-state index in [1.807, 2.05) is 76.6 Å². The second-order valence-electron chi connectivity index (χ2n) is 14.2. The molecule has 0 spiro atoms. The Morgan fingerprint density at radius 3 is 2.45 bits per heavy atom. The Hall–Kier alpha value is -5.14. The van der Waals surface area contributed by atoms with E-state index in [4.69, 9.17) is 4.74 Å². The molecule has 2 N–H and O–H groups in total. The number of nitrogens with zero attached hydrogens (tertiary/aromatic N) is 5. The number of sulfonamides is 1. The molecule has 1 amide bonds. The van der Waals surface area contributed by atoms with Gasteiger partial charge in [-0.05, 0) is 90.9 Å². The average Bonchev–Trinajstić information content (AvgIpc) is 3.53. The first-order valence-corrected chi connectivity index (χ1v) is 19.3. The van der Waals surface area contributed by atoms with Crippen LogP contribution in [-0.2, 0) is 32.7 Å². The molecule has 0 saturated carbocycles. The Bertz CT molecular complexity index is 2250. The third kappa shape index (κ3) is 7.40. The Kier molecular flexibility index (Phi) is 10.7. The number of fused-ring (bicyclic) bond motifs is 2. The Labute approximate surface area is 310 Å². The number of carboxylic acids is 1. The molecule has 2 unspecified atom stereocenters. The predicted molar refractivity (Wildman–Crippen MR) is 201 cm³/mol. The number of hydrogen-bond acceptors (Lipinski definition) is 8. The second kappa shape index (κ2) is 15.1. The summed E-state index contributed by atoms with van der Waals surface area (Å²) in [4.78, 5) is 30.7. The van der Waals surface area contributed by atoms with Crippen LogP contribution in [0.4, 0.5) is 0 Å². The van der Waals surface area contributed by atoms with Crippen molar-refractivity contribution in [2.75, 3.05) is 6.54 Å². The van der Waals surface area contributed by atoms with Gasteiger partial charge in [0.05, 0.1) is 29.9 Å². The lowest BCUT2D eigenvalue weighted by Crippen LogP contribution is -2.43. The van der Waals surface area contributed by atoms with Gasteiger partial charge in [-0.3, -0.25) is 14.6 Å². The molecule has 2 aromatic heterocycles. The number of carbonyl (C=O) groups is 2. The summed E-state index contributed by atoms with van der Waals surface area (Å²) in [6.45, 7) is 12.5. The highest BCUT2D eigenvalue weighted by Gasteiger charge is 2.42. The first-order valence-electron chi connectivity index (χ1n) is 17.9. The van der Waals surface area contributed by atoms with Crippen LogP contribution in [0.25, 0.3) is 11.0 Å². The number of benzene rings is 3. The van der Waals surface area contributed by atoms with Gasteiger partial charge in [-0.1, -0.05) is 62.4 Å². The fourth-order valence-corrected chi connectivity index (χ4v) is 8.82. The third-order valence-electron chi connectivity index (χ3n) is 10.4. The summed E-state index contributed by atoms with van der Waals surface area (Å²) in [6.07, 6.45) is 3.11. The molecule has 6 rings (SSSR count). The van der Waals surface area contributed by atoms with Gasteiger partial charge < -0.3 is 15.2 Å². The lowest BCUT2D eigenvalue weighted by molar-refractivity contribution is -0.138. The van der Waals surface area contributed by atoms with Crippen LogP contribution in [0.5, 0.6) is 5.75 Å². The van der Waals surface area contributed by atoms with E-state index in [2.05, 4.69) is 20.6 Å². The monoisotopic (exact) mass is 738 g/mol. The number of aromatic nitrogens is 4. The Morgan fingerprint density at radius 1 is 1.02 bits per heavy atom. The topological polar surface area (TPSA) is 157 Å². The number of rotatable bonds is 12. The SMILES string of the molecule is CC[C@@H]1CN(Cc2cc(C(c3ccc4c(nnn4CC)c3C)C(C)(C)C(=O)NC(CC(=O)O)c3ccncc3)ccc2C)S(=O)(=O)c2ccccc2O1. The quantitative estimate of drug-likeness (QED) is 0.150. The number of aryl methyl sites for hydroxylation is 3. The zero-order valence-corrected chi connectivity index (χ0v) is 31.7. The molecule has 0 fully saturated rings. The molecule has 3 atom stereocenters. The summed E-state index contributed by atoms with van der Waals surface area (Å²) >= 11 is 0. The van der Waals surface area contributed by atoms with Crippen molar-refractivity contribution >= 4 is 32.9 Å². The smallest absolute Gasteiger partial charge is 0.305 e. The van der Waals surface area contributed by atoms with E-state index < -0.39 is 33.4 Å². The van der Waals surface area contributed by atoms with Crippen LogP contribution in [0.1, 0.15) is 85.9 Å². The Balaban J connectivity index is 1.46. The van der Waals surface area contributed by atoms with E-state index in [0.29, 0.717) is 24.3 Å². The van der Waals surface area contributed by atoms with Crippen molar-refractivity contribution in [1.82, 2.24) is 29.6 Å². The van der Waals surface area contributed by atoms with E-state index in [1.165, 1.54) is 4.31 Å². The van der Waals surface area contributed by atoms with Crippen LogP contribution in [0, 0.1) is 19.3 Å². The number of para-hydroxylation sites is 1. The minimum atomic E-state index is -3.91. The molecule has 3 heterocycles. The molecule has 3 aromatic carbocycles. The van der Waals surface area contributed by atoms with Crippen LogP contribution in [0.3, 0.4) is 0 Å². The van der Waals surface area contributed by atoms with Crippen molar-refractivity contribution in [3.63, 3.8) is 0 Å². The lowest BCUT2D eigenvalue weighted by Gasteiger charge is -2.36. The Morgan fingerprint density at radius 2 is 1.75 bits per heavy atom. The lowest BCUT2D eigenvalue weighted by atomic mass is 9.69. The summed E-state index contributed by atoms with van der Waals surface area (Å²) in [5.41, 5.74) is 5.27. The fourth-order valence-electron chi connectivity index (χ4n) is 7.25. The molecule has 0 radical (unpaired) electrons. The zero-order valence-electron chi connectivity index (χ0n) is 30.9. The fraction of sp³-hybridized carbons (Fsp3) is 0.375. The first kappa shape index (κ1) is 37.6. The van der Waals surface area contributed by atoms with Crippen LogP contribution in [0.15, 0.2) is 84.0 Å². The molecule has 0 aliphatic carbocycles. The van der Waals surface area contributed by atoms with Gasteiger partial charge in [0.1, 0.15) is 22.3 Å². The number of carbonyl (C=O) groups excluding carboxylic acids is 1. The van der Waals surface area contributed by atoms with Gasteiger partial charge in [0.25, 0.3) is 0 Å². The van der Waals surface area contributed by atoms with Crippen molar-refractivity contribution in [2.24, 2.45) is 5.41 Å². The number of ether oxygens (including phenoxy) is 1. The maximum absolute atomic E-state index is 14.6. The summed E-state index contributed by atoms with van der Waals surface area (Å²) < 4.78 is 37.7. The van der Waals surface area contributed by atoms with Gasteiger partial charge in [-0.25, -0.2) is 13.1 Å². The number of pyridine rings is 1. The number of amides is 1. The van der Waals surface area contributed by atoms with Crippen LogP contribution in [0.2, 0.25) is 0 Å². The first-order chi connectivity index (χ1) is 25.3. The molecular formula is C40H46N6O6S. The highest BCUT2D eigenvalue weighted by Crippen LogP contribution is 2.45. The molecule has 13 heteroatoms. The van der Waals surface area contributed by atoms with Gasteiger partial charge in [-0.2, -0.15) is 4.31 Å². The maximum atomic E-state index is 14.6. The zero-order chi connectivity index (χ0) is 38.1. The van der Waals surface area contributed by atoms with E-state index >= 15 is 0 Å². The molecule has 5 aromatic rings.